The molecule has 39 heavy (non-hydrogen) atoms. The molecule has 0 unspecified atom stereocenters. The number of aliphatic imine (C=N–C) groups is 1. The van der Waals surface area contributed by atoms with Crippen LogP contribution in [0.15, 0.2) is 71.7 Å². The molecule has 0 bridgehead atoms. The molecule has 8 nitrogen and oxygen atoms in total. The van der Waals surface area contributed by atoms with Crippen LogP contribution in [0.5, 0.6) is 0 Å². The number of anilines is 3. The van der Waals surface area contributed by atoms with E-state index in [-0.39, 0.29) is 5.91 Å². The highest BCUT2D eigenvalue weighted by molar-refractivity contribution is 6.33. The molecule has 5 rings (SSSR count). The van der Waals surface area contributed by atoms with Crippen LogP contribution in [0.25, 0.3) is 0 Å². The van der Waals surface area contributed by atoms with E-state index in [9.17, 15) is 4.79 Å². The zero-order valence-electron chi connectivity index (χ0n) is 22.6. The van der Waals surface area contributed by atoms with Gasteiger partial charge in [-0.15, -0.1) is 0 Å². The number of benzene rings is 3. The summed E-state index contributed by atoms with van der Waals surface area (Å²) in [5, 5.41) is 3.62. The van der Waals surface area contributed by atoms with Crippen molar-refractivity contribution in [1.29, 1.82) is 0 Å². The van der Waals surface area contributed by atoms with Gasteiger partial charge in [0.1, 0.15) is 0 Å². The lowest BCUT2D eigenvalue weighted by Gasteiger charge is -2.36. The fourth-order valence-electron chi connectivity index (χ4n) is 4.99. The number of nitrogens with zero attached hydrogens (tertiary/aromatic N) is 5. The minimum Gasteiger partial charge on any atom is -0.369 e. The number of hydrogen-bond acceptors (Lipinski definition) is 5. The molecular formula is C30H36ClN7O. The summed E-state index contributed by atoms with van der Waals surface area (Å²) < 4.78 is 0. The number of piperazine rings is 2. The summed E-state index contributed by atoms with van der Waals surface area (Å²) in [6.45, 7) is 9.28. The van der Waals surface area contributed by atoms with Crippen LogP contribution in [0.1, 0.15) is 15.9 Å². The smallest absolute Gasteiger partial charge is 0.255 e. The third-order valence-electron chi connectivity index (χ3n) is 7.51. The first kappa shape index (κ1) is 26.8. The standard InChI is InChI=1S/C30H36ClN7O/c1-22-4-3-5-27(31)28(22)34-30(32)38-20-18-37(19-21-38)26-12-8-24(9-13-26)33-29(39)23-6-10-25(11-7-23)36-16-14-35(2)15-17-36/h3-13H,14-21H2,1-2H3,(H2,32,34)(H,33,39). The van der Waals surface area contributed by atoms with Crippen molar-refractivity contribution in [2.75, 3.05) is 74.5 Å². The Morgan fingerprint density at radius 1 is 0.821 bits per heavy atom. The van der Waals surface area contributed by atoms with Crippen LogP contribution in [0.4, 0.5) is 22.7 Å². The van der Waals surface area contributed by atoms with Crippen LogP contribution in [-0.4, -0.2) is 81.1 Å². The number of nitrogens with one attached hydrogen (secondary N) is 1. The first-order valence-electron chi connectivity index (χ1n) is 13.4. The lowest BCUT2D eigenvalue weighted by atomic mass is 10.1. The quantitative estimate of drug-likeness (QED) is 0.365. The Labute approximate surface area is 235 Å². The summed E-state index contributed by atoms with van der Waals surface area (Å²) in [5.41, 5.74) is 11.7. The van der Waals surface area contributed by atoms with Crippen molar-refractivity contribution in [3.63, 3.8) is 0 Å². The van der Waals surface area contributed by atoms with Crippen LogP contribution in [0.2, 0.25) is 5.02 Å². The first-order valence-corrected chi connectivity index (χ1v) is 13.8. The summed E-state index contributed by atoms with van der Waals surface area (Å²) >= 11 is 6.32. The van der Waals surface area contributed by atoms with Crippen molar-refractivity contribution in [1.82, 2.24) is 9.80 Å². The second kappa shape index (κ2) is 12.0. The first-order chi connectivity index (χ1) is 18.9. The zero-order chi connectivity index (χ0) is 27.4. The molecule has 2 fully saturated rings. The molecule has 3 N–H and O–H groups in total. The fraction of sp³-hybridized carbons (Fsp3) is 0.333. The van der Waals surface area contributed by atoms with Gasteiger partial charge in [0.25, 0.3) is 5.91 Å². The van der Waals surface area contributed by atoms with E-state index in [1.165, 1.54) is 0 Å². The predicted molar refractivity (Wildman–Crippen MR) is 162 cm³/mol. The van der Waals surface area contributed by atoms with Gasteiger partial charge in [-0.05, 0) is 74.1 Å². The molecular weight excluding hydrogens is 510 g/mol. The summed E-state index contributed by atoms with van der Waals surface area (Å²) in [4.78, 5) is 26.5. The highest BCUT2D eigenvalue weighted by Gasteiger charge is 2.20. The number of para-hydroxylation sites is 1. The number of aryl methyl sites for hydroxylation is 1. The molecule has 2 heterocycles. The van der Waals surface area contributed by atoms with E-state index in [0.717, 1.165) is 80.7 Å². The number of likely N-dealkylation sites (N-methyl/N-ethyl adjacent to an activating group) is 1. The molecule has 3 aromatic rings. The van der Waals surface area contributed by atoms with Gasteiger partial charge in [-0.25, -0.2) is 4.99 Å². The van der Waals surface area contributed by atoms with E-state index in [4.69, 9.17) is 17.3 Å². The van der Waals surface area contributed by atoms with Crippen molar-refractivity contribution in [3.8, 4) is 0 Å². The van der Waals surface area contributed by atoms with Crippen LogP contribution in [0.3, 0.4) is 0 Å². The van der Waals surface area contributed by atoms with E-state index in [1.807, 2.05) is 73.7 Å². The Morgan fingerprint density at radius 2 is 1.38 bits per heavy atom. The molecule has 204 valence electrons. The maximum Gasteiger partial charge on any atom is 0.255 e. The highest BCUT2D eigenvalue weighted by Crippen LogP contribution is 2.29. The maximum atomic E-state index is 12.8. The molecule has 2 aliphatic rings. The van der Waals surface area contributed by atoms with Gasteiger partial charge in [0, 0.05) is 75.0 Å². The number of rotatable bonds is 5. The predicted octanol–water partition coefficient (Wildman–Crippen LogP) is 4.42. The minimum absolute atomic E-state index is 0.107. The average Bonchev–Trinajstić information content (AvgIpc) is 2.96. The number of carbonyl (C=O) groups is 1. The van der Waals surface area contributed by atoms with Crippen molar-refractivity contribution in [2.24, 2.45) is 10.7 Å². The molecule has 0 spiro atoms. The fourth-order valence-corrected chi connectivity index (χ4v) is 5.25. The van der Waals surface area contributed by atoms with Crippen molar-refractivity contribution >= 4 is 46.2 Å². The van der Waals surface area contributed by atoms with Gasteiger partial charge >= 0.3 is 0 Å². The molecule has 1 amide bonds. The molecule has 0 atom stereocenters. The highest BCUT2D eigenvalue weighted by atomic mass is 35.5. The maximum absolute atomic E-state index is 12.8. The SMILES string of the molecule is Cc1cccc(Cl)c1N=C(N)N1CCN(c2ccc(NC(=O)c3ccc(N4CCN(C)CC4)cc3)cc2)CC1. The summed E-state index contributed by atoms with van der Waals surface area (Å²) in [5.74, 6) is 0.380. The van der Waals surface area contributed by atoms with Gasteiger partial charge in [0.15, 0.2) is 5.96 Å². The second-order valence-corrected chi connectivity index (χ2v) is 10.6. The van der Waals surface area contributed by atoms with Crippen LogP contribution < -0.4 is 20.9 Å². The topological polar surface area (TPSA) is 80.4 Å². The molecule has 0 aliphatic carbocycles. The Bertz CT molecular complexity index is 1290. The van der Waals surface area contributed by atoms with Crippen molar-refractivity contribution < 1.29 is 4.79 Å². The van der Waals surface area contributed by atoms with Gasteiger partial charge in [-0.2, -0.15) is 0 Å². The molecule has 2 saturated heterocycles. The number of nitrogens with two attached hydrogens (primary N) is 1. The van der Waals surface area contributed by atoms with Crippen LogP contribution >= 0.6 is 11.6 Å². The number of amides is 1. The molecule has 0 saturated carbocycles. The number of hydrogen-bond donors (Lipinski definition) is 2. The van der Waals surface area contributed by atoms with Crippen molar-refractivity contribution in [2.45, 2.75) is 6.92 Å². The van der Waals surface area contributed by atoms with Gasteiger partial charge < -0.3 is 30.7 Å². The number of halogens is 1. The van der Waals surface area contributed by atoms with Gasteiger partial charge in [0.05, 0.1) is 10.7 Å². The van der Waals surface area contributed by atoms with Gasteiger partial charge in [-0.1, -0.05) is 23.7 Å². The third-order valence-corrected chi connectivity index (χ3v) is 7.81. The monoisotopic (exact) mass is 545 g/mol. The lowest BCUT2D eigenvalue weighted by Crippen LogP contribution is -2.51. The molecule has 3 aromatic carbocycles. The third kappa shape index (κ3) is 6.46. The average molecular weight is 546 g/mol. The van der Waals surface area contributed by atoms with E-state index in [2.05, 4.69) is 37.0 Å². The molecule has 0 radical (unpaired) electrons. The van der Waals surface area contributed by atoms with Crippen molar-refractivity contribution in [3.05, 3.63) is 82.9 Å². The molecule has 0 aromatic heterocycles. The summed E-state index contributed by atoms with van der Waals surface area (Å²) in [7, 11) is 2.15. The Kier molecular flexibility index (Phi) is 8.24. The summed E-state index contributed by atoms with van der Waals surface area (Å²) in [6.07, 6.45) is 0. The van der Waals surface area contributed by atoms with E-state index in [1.54, 1.807) is 0 Å². The number of carbonyl (C=O) groups excluding carboxylic acids is 1. The van der Waals surface area contributed by atoms with E-state index in [0.29, 0.717) is 16.5 Å². The molecule has 2 aliphatic heterocycles. The van der Waals surface area contributed by atoms with Gasteiger partial charge in [-0.3, -0.25) is 4.79 Å². The van der Waals surface area contributed by atoms with E-state index >= 15 is 0 Å². The Morgan fingerprint density at radius 3 is 1.97 bits per heavy atom. The van der Waals surface area contributed by atoms with E-state index < -0.39 is 0 Å². The lowest BCUT2D eigenvalue weighted by molar-refractivity contribution is 0.102. The minimum atomic E-state index is -0.107. The molecule has 9 heteroatoms. The number of guanidine groups is 1. The summed E-state index contributed by atoms with van der Waals surface area (Å²) in [6, 6.07) is 21.6. The zero-order valence-corrected chi connectivity index (χ0v) is 23.4. The van der Waals surface area contributed by atoms with Crippen LogP contribution in [0, 0.1) is 6.92 Å². The van der Waals surface area contributed by atoms with Gasteiger partial charge in [0.2, 0.25) is 0 Å². The largest absolute Gasteiger partial charge is 0.369 e. The Hall–Kier alpha value is -3.75. The van der Waals surface area contributed by atoms with Crippen LogP contribution in [-0.2, 0) is 0 Å². The Balaban J connectivity index is 1.14. The normalized spacial score (nSPS) is 16.9. The second-order valence-electron chi connectivity index (χ2n) is 10.2.